The second kappa shape index (κ2) is 5.97. The number of rotatable bonds is 4. The Kier molecular flexibility index (Phi) is 4.31. The minimum atomic E-state index is -0.845. The minimum absolute atomic E-state index is 0.0315. The van der Waals surface area contributed by atoms with E-state index in [2.05, 4.69) is 26.2 Å². The molecule has 1 heterocycles. The fraction of sp³-hybridized carbons (Fsp3) is 0.154. The standard InChI is InChI=1S/C13H11BrF2N2O/c1-2-17-12-10(15)7-11(16)13(18-12)19-9-5-3-8(14)4-6-9/h3-7H,2H2,1H3,(H,17,18). The number of nitrogens with zero attached hydrogens (tertiary/aromatic N) is 1. The van der Waals surface area contributed by atoms with Crippen molar-refractivity contribution < 1.29 is 13.5 Å². The fourth-order valence-corrected chi connectivity index (χ4v) is 1.69. The van der Waals surface area contributed by atoms with Gasteiger partial charge in [-0.1, -0.05) is 15.9 Å². The molecule has 0 spiro atoms. The number of aromatic nitrogens is 1. The van der Waals surface area contributed by atoms with Gasteiger partial charge in [0.25, 0.3) is 5.88 Å². The molecule has 0 atom stereocenters. The Morgan fingerprint density at radius 2 is 1.89 bits per heavy atom. The van der Waals surface area contributed by atoms with E-state index >= 15 is 0 Å². The molecule has 0 aliphatic carbocycles. The second-order valence-electron chi connectivity index (χ2n) is 3.69. The van der Waals surface area contributed by atoms with Gasteiger partial charge in [-0.05, 0) is 31.2 Å². The molecule has 2 aromatic rings. The molecule has 0 saturated heterocycles. The quantitative estimate of drug-likeness (QED) is 0.906. The molecule has 1 aromatic carbocycles. The minimum Gasteiger partial charge on any atom is -0.436 e. The second-order valence-corrected chi connectivity index (χ2v) is 4.61. The summed E-state index contributed by atoms with van der Waals surface area (Å²) in [5.41, 5.74) is 0. The molecular weight excluding hydrogens is 318 g/mol. The van der Waals surface area contributed by atoms with Crippen LogP contribution in [0.25, 0.3) is 0 Å². The van der Waals surface area contributed by atoms with Crippen molar-refractivity contribution in [2.75, 3.05) is 11.9 Å². The largest absolute Gasteiger partial charge is 0.436 e. The summed E-state index contributed by atoms with van der Waals surface area (Å²) in [6.45, 7) is 2.27. The van der Waals surface area contributed by atoms with Gasteiger partial charge in [0.2, 0.25) is 0 Å². The van der Waals surface area contributed by atoms with E-state index in [0.29, 0.717) is 12.3 Å². The zero-order valence-electron chi connectivity index (χ0n) is 10.1. The van der Waals surface area contributed by atoms with Crippen molar-refractivity contribution in [1.29, 1.82) is 0 Å². The molecule has 0 radical (unpaired) electrons. The van der Waals surface area contributed by atoms with Crippen LogP contribution < -0.4 is 10.1 Å². The van der Waals surface area contributed by atoms with Gasteiger partial charge in [0, 0.05) is 17.1 Å². The predicted octanol–water partition coefficient (Wildman–Crippen LogP) is 4.35. The molecule has 6 heteroatoms. The van der Waals surface area contributed by atoms with Crippen LogP contribution in [-0.2, 0) is 0 Å². The van der Waals surface area contributed by atoms with E-state index < -0.39 is 11.6 Å². The molecule has 0 unspecified atom stereocenters. The summed E-state index contributed by atoms with van der Waals surface area (Å²) >= 11 is 3.28. The first-order valence-electron chi connectivity index (χ1n) is 5.63. The molecule has 1 N–H and O–H groups in total. The van der Waals surface area contributed by atoms with Gasteiger partial charge in [-0.2, -0.15) is 4.98 Å². The van der Waals surface area contributed by atoms with Crippen molar-refractivity contribution in [2.24, 2.45) is 0 Å². The average molecular weight is 329 g/mol. The topological polar surface area (TPSA) is 34.2 Å². The summed E-state index contributed by atoms with van der Waals surface area (Å²) in [5, 5.41) is 2.70. The SMILES string of the molecule is CCNc1nc(Oc2ccc(Br)cc2)c(F)cc1F. The fourth-order valence-electron chi connectivity index (χ4n) is 1.43. The van der Waals surface area contributed by atoms with E-state index in [4.69, 9.17) is 4.74 Å². The Bertz CT molecular complexity index is 576. The highest BCUT2D eigenvalue weighted by Crippen LogP contribution is 2.26. The van der Waals surface area contributed by atoms with E-state index in [1.807, 2.05) is 0 Å². The van der Waals surface area contributed by atoms with Gasteiger partial charge in [0.1, 0.15) is 5.75 Å². The highest BCUT2D eigenvalue weighted by atomic mass is 79.9. The number of ether oxygens (including phenoxy) is 1. The molecule has 3 nitrogen and oxygen atoms in total. The van der Waals surface area contributed by atoms with Crippen molar-refractivity contribution in [3.63, 3.8) is 0 Å². The van der Waals surface area contributed by atoms with Crippen LogP contribution >= 0.6 is 15.9 Å². The van der Waals surface area contributed by atoms with Crippen molar-refractivity contribution in [1.82, 2.24) is 4.98 Å². The molecule has 19 heavy (non-hydrogen) atoms. The van der Waals surface area contributed by atoms with Crippen LogP contribution in [-0.4, -0.2) is 11.5 Å². The third-order valence-electron chi connectivity index (χ3n) is 2.27. The van der Waals surface area contributed by atoms with Crippen molar-refractivity contribution in [3.05, 3.63) is 46.4 Å². The van der Waals surface area contributed by atoms with Crippen LogP contribution in [0.1, 0.15) is 6.92 Å². The lowest BCUT2D eigenvalue weighted by molar-refractivity contribution is 0.418. The Morgan fingerprint density at radius 1 is 1.21 bits per heavy atom. The zero-order chi connectivity index (χ0) is 13.8. The number of hydrogen-bond donors (Lipinski definition) is 1. The summed E-state index contributed by atoms with van der Waals surface area (Å²) in [6.07, 6.45) is 0. The number of halogens is 3. The first kappa shape index (κ1) is 13.7. The molecule has 0 aliphatic rings. The van der Waals surface area contributed by atoms with Crippen LogP contribution in [0.2, 0.25) is 0 Å². The molecular formula is C13H11BrF2N2O. The van der Waals surface area contributed by atoms with Crippen molar-refractivity contribution in [2.45, 2.75) is 6.92 Å². The normalized spacial score (nSPS) is 10.3. The lowest BCUT2D eigenvalue weighted by atomic mass is 10.3. The van der Waals surface area contributed by atoms with Gasteiger partial charge in [0.05, 0.1) is 0 Å². The molecule has 2 rings (SSSR count). The summed E-state index contributed by atoms with van der Waals surface area (Å²) in [6, 6.07) is 7.56. The lowest BCUT2D eigenvalue weighted by Crippen LogP contribution is -2.04. The average Bonchev–Trinajstić information content (AvgIpc) is 2.38. The Balaban J connectivity index is 2.28. The summed E-state index contributed by atoms with van der Waals surface area (Å²) < 4.78 is 33.1. The Labute approximate surface area is 117 Å². The van der Waals surface area contributed by atoms with Crippen LogP contribution in [0.15, 0.2) is 34.8 Å². The number of pyridine rings is 1. The first-order chi connectivity index (χ1) is 9.10. The molecule has 0 saturated carbocycles. The maximum Gasteiger partial charge on any atom is 0.258 e. The Hall–Kier alpha value is -1.69. The smallest absolute Gasteiger partial charge is 0.258 e. The highest BCUT2D eigenvalue weighted by molar-refractivity contribution is 9.10. The maximum absolute atomic E-state index is 13.6. The van der Waals surface area contributed by atoms with Gasteiger partial charge in [-0.3, -0.25) is 0 Å². The molecule has 1 aromatic heterocycles. The van der Waals surface area contributed by atoms with E-state index in [1.54, 1.807) is 31.2 Å². The number of benzene rings is 1. The Morgan fingerprint density at radius 3 is 2.53 bits per heavy atom. The van der Waals surface area contributed by atoms with Crippen LogP contribution in [0.5, 0.6) is 11.6 Å². The molecule has 0 amide bonds. The lowest BCUT2D eigenvalue weighted by Gasteiger charge is -2.09. The molecule has 0 aliphatic heterocycles. The maximum atomic E-state index is 13.6. The van der Waals surface area contributed by atoms with Crippen molar-refractivity contribution in [3.8, 4) is 11.6 Å². The summed E-state index contributed by atoms with van der Waals surface area (Å²) in [4.78, 5) is 3.78. The number of nitrogens with one attached hydrogen (secondary N) is 1. The summed E-state index contributed by atoms with van der Waals surface area (Å²) in [5.74, 6) is -1.47. The molecule has 0 fully saturated rings. The van der Waals surface area contributed by atoms with Crippen LogP contribution in [0.4, 0.5) is 14.6 Å². The zero-order valence-corrected chi connectivity index (χ0v) is 11.7. The van der Waals surface area contributed by atoms with Gasteiger partial charge < -0.3 is 10.1 Å². The summed E-state index contributed by atoms with van der Waals surface area (Å²) in [7, 11) is 0. The van der Waals surface area contributed by atoms with E-state index in [-0.39, 0.29) is 11.7 Å². The van der Waals surface area contributed by atoms with Gasteiger partial charge in [-0.15, -0.1) is 0 Å². The van der Waals surface area contributed by atoms with Gasteiger partial charge >= 0.3 is 0 Å². The molecule has 0 bridgehead atoms. The van der Waals surface area contributed by atoms with E-state index in [1.165, 1.54) is 0 Å². The third-order valence-corrected chi connectivity index (χ3v) is 2.80. The monoisotopic (exact) mass is 328 g/mol. The molecule has 100 valence electrons. The van der Waals surface area contributed by atoms with Gasteiger partial charge in [-0.25, -0.2) is 8.78 Å². The van der Waals surface area contributed by atoms with Crippen molar-refractivity contribution >= 4 is 21.7 Å². The number of hydrogen-bond acceptors (Lipinski definition) is 3. The third kappa shape index (κ3) is 3.41. The van der Waals surface area contributed by atoms with Gasteiger partial charge in [0.15, 0.2) is 17.5 Å². The highest BCUT2D eigenvalue weighted by Gasteiger charge is 2.13. The van der Waals surface area contributed by atoms with E-state index in [0.717, 1.165) is 10.5 Å². The first-order valence-corrected chi connectivity index (χ1v) is 6.42. The van der Waals surface area contributed by atoms with Crippen LogP contribution in [0, 0.1) is 11.6 Å². The van der Waals surface area contributed by atoms with E-state index in [9.17, 15) is 8.78 Å². The van der Waals surface area contributed by atoms with Crippen LogP contribution in [0.3, 0.4) is 0 Å². The number of anilines is 1. The predicted molar refractivity (Wildman–Crippen MR) is 72.5 cm³/mol.